The Morgan fingerprint density at radius 3 is 2.62 bits per heavy atom. The van der Waals surface area contributed by atoms with Gasteiger partial charge in [0.15, 0.2) is 0 Å². The highest BCUT2D eigenvalue weighted by molar-refractivity contribution is 6.02. The van der Waals surface area contributed by atoms with Crippen molar-refractivity contribution in [2.45, 2.75) is 32.9 Å². The van der Waals surface area contributed by atoms with E-state index in [0.717, 1.165) is 16.9 Å². The molecule has 26 heavy (non-hydrogen) atoms. The summed E-state index contributed by atoms with van der Waals surface area (Å²) in [5, 5.41) is 2.48. The second-order valence-electron chi connectivity index (χ2n) is 6.76. The fourth-order valence-corrected chi connectivity index (χ4v) is 2.60. The van der Waals surface area contributed by atoms with Gasteiger partial charge in [-0.25, -0.2) is 4.79 Å². The van der Waals surface area contributed by atoms with E-state index in [1.54, 1.807) is 36.2 Å². The summed E-state index contributed by atoms with van der Waals surface area (Å²) in [6, 6.07) is 6.67. The van der Waals surface area contributed by atoms with Gasteiger partial charge in [-0.05, 0) is 30.0 Å². The van der Waals surface area contributed by atoms with Gasteiger partial charge < -0.3 is 16.0 Å². The van der Waals surface area contributed by atoms with Crippen LogP contribution in [0.1, 0.15) is 36.2 Å². The van der Waals surface area contributed by atoms with Crippen molar-refractivity contribution < 1.29 is 14.4 Å². The van der Waals surface area contributed by atoms with Crippen LogP contribution in [0, 0.1) is 5.92 Å². The summed E-state index contributed by atoms with van der Waals surface area (Å²) < 4.78 is 0. The molecule has 1 unspecified atom stereocenters. The third-order valence-electron chi connectivity index (χ3n) is 4.45. The van der Waals surface area contributed by atoms with E-state index in [2.05, 4.69) is 19.2 Å². The van der Waals surface area contributed by atoms with E-state index in [-0.39, 0.29) is 43.4 Å². The standard InChI is InChI=1S/C18H26N4O3.ClH/c1-12(2)15(19)7-8-21(3)17(24)14-6-4-5-13(9-14)11-22-16(23)10-20-18(22)25;/h4-6,9,12,15H,7-8,10-11,19H2,1-3H3,(H,20,25);1H. The van der Waals surface area contributed by atoms with Gasteiger partial charge in [-0.3, -0.25) is 14.5 Å². The van der Waals surface area contributed by atoms with Crippen molar-refractivity contribution in [2.24, 2.45) is 11.7 Å². The number of imide groups is 1. The van der Waals surface area contributed by atoms with Crippen LogP contribution in [-0.4, -0.2) is 53.8 Å². The number of hydrogen-bond donors (Lipinski definition) is 2. The highest BCUT2D eigenvalue weighted by Gasteiger charge is 2.28. The smallest absolute Gasteiger partial charge is 0.324 e. The van der Waals surface area contributed by atoms with Crippen LogP contribution in [0.4, 0.5) is 4.79 Å². The molecule has 1 aromatic carbocycles. The number of carbonyl (C=O) groups is 3. The second-order valence-corrected chi connectivity index (χ2v) is 6.76. The van der Waals surface area contributed by atoms with Crippen LogP contribution in [0.3, 0.4) is 0 Å². The molecule has 0 aromatic heterocycles. The normalized spacial score (nSPS) is 14.9. The lowest BCUT2D eigenvalue weighted by Gasteiger charge is -2.22. The Kier molecular flexibility index (Phi) is 8.05. The number of carbonyl (C=O) groups excluding carboxylic acids is 3. The zero-order chi connectivity index (χ0) is 18.6. The summed E-state index contributed by atoms with van der Waals surface area (Å²) in [7, 11) is 1.75. The Morgan fingerprint density at radius 1 is 1.35 bits per heavy atom. The minimum Gasteiger partial charge on any atom is -0.342 e. The third-order valence-corrected chi connectivity index (χ3v) is 4.45. The summed E-state index contributed by atoms with van der Waals surface area (Å²) >= 11 is 0. The number of rotatable bonds is 7. The molecule has 0 saturated carbocycles. The number of nitrogens with one attached hydrogen (secondary N) is 1. The molecule has 1 atom stereocenters. The first-order valence-corrected chi connectivity index (χ1v) is 8.47. The van der Waals surface area contributed by atoms with E-state index < -0.39 is 6.03 Å². The van der Waals surface area contributed by atoms with Gasteiger partial charge in [0.05, 0.1) is 13.1 Å². The van der Waals surface area contributed by atoms with E-state index in [0.29, 0.717) is 18.0 Å². The summed E-state index contributed by atoms with van der Waals surface area (Å²) in [5.74, 6) is 0.00695. The van der Waals surface area contributed by atoms with Gasteiger partial charge in [0.2, 0.25) is 5.91 Å². The van der Waals surface area contributed by atoms with E-state index in [1.807, 2.05) is 0 Å². The Balaban J connectivity index is 0.00000338. The first-order chi connectivity index (χ1) is 11.8. The molecule has 8 heteroatoms. The number of hydrogen-bond acceptors (Lipinski definition) is 4. The van der Waals surface area contributed by atoms with E-state index in [1.165, 1.54) is 0 Å². The largest absolute Gasteiger partial charge is 0.342 e. The van der Waals surface area contributed by atoms with Crippen molar-refractivity contribution in [3.05, 3.63) is 35.4 Å². The minimum atomic E-state index is -0.401. The van der Waals surface area contributed by atoms with E-state index >= 15 is 0 Å². The quantitative estimate of drug-likeness (QED) is 0.700. The summed E-state index contributed by atoms with van der Waals surface area (Å²) in [5.41, 5.74) is 7.30. The number of nitrogens with zero attached hydrogens (tertiary/aromatic N) is 2. The molecule has 7 nitrogen and oxygen atoms in total. The highest BCUT2D eigenvalue weighted by atomic mass is 35.5. The number of halogens is 1. The molecular formula is C18H27ClN4O3. The van der Waals surface area contributed by atoms with Crippen molar-refractivity contribution >= 4 is 30.3 Å². The lowest BCUT2D eigenvalue weighted by atomic mass is 10.0. The monoisotopic (exact) mass is 382 g/mol. The zero-order valence-corrected chi connectivity index (χ0v) is 16.2. The molecule has 1 aromatic rings. The third kappa shape index (κ3) is 5.44. The molecule has 0 aliphatic carbocycles. The second kappa shape index (κ2) is 9.54. The average Bonchev–Trinajstić information content (AvgIpc) is 2.90. The van der Waals surface area contributed by atoms with Crippen molar-refractivity contribution in [1.29, 1.82) is 0 Å². The lowest BCUT2D eigenvalue weighted by molar-refractivity contribution is -0.125. The van der Waals surface area contributed by atoms with Crippen molar-refractivity contribution in [3.63, 3.8) is 0 Å². The van der Waals surface area contributed by atoms with Crippen LogP contribution in [0.25, 0.3) is 0 Å². The molecular weight excluding hydrogens is 356 g/mol. The predicted octanol–water partition coefficient (Wildman–Crippen LogP) is 1.61. The van der Waals surface area contributed by atoms with Gasteiger partial charge in [-0.2, -0.15) is 0 Å². The molecule has 1 fully saturated rings. The number of benzene rings is 1. The zero-order valence-electron chi connectivity index (χ0n) is 15.4. The molecule has 1 heterocycles. The molecule has 3 N–H and O–H groups in total. The Bertz CT molecular complexity index is 650. The first-order valence-electron chi connectivity index (χ1n) is 8.47. The molecule has 0 radical (unpaired) electrons. The van der Waals surface area contributed by atoms with Crippen LogP contribution >= 0.6 is 12.4 Å². The van der Waals surface area contributed by atoms with Crippen molar-refractivity contribution in [2.75, 3.05) is 20.1 Å². The van der Waals surface area contributed by atoms with Crippen molar-refractivity contribution in [1.82, 2.24) is 15.1 Å². The maximum atomic E-state index is 12.6. The van der Waals surface area contributed by atoms with E-state index in [9.17, 15) is 14.4 Å². The van der Waals surface area contributed by atoms with Crippen molar-refractivity contribution in [3.8, 4) is 0 Å². The fourth-order valence-electron chi connectivity index (χ4n) is 2.60. The Labute approximate surface area is 160 Å². The van der Waals surface area contributed by atoms with Gasteiger partial charge >= 0.3 is 6.03 Å². The van der Waals surface area contributed by atoms with Crippen LogP contribution in [0.5, 0.6) is 0 Å². The maximum absolute atomic E-state index is 12.6. The predicted molar refractivity (Wildman–Crippen MR) is 102 cm³/mol. The Hall–Kier alpha value is -2.12. The van der Waals surface area contributed by atoms with Gasteiger partial charge in [0.1, 0.15) is 0 Å². The summed E-state index contributed by atoms with van der Waals surface area (Å²) in [6.45, 7) is 4.89. The lowest BCUT2D eigenvalue weighted by Crippen LogP contribution is -2.34. The summed E-state index contributed by atoms with van der Waals surface area (Å²) in [6.07, 6.45) is 0.738. The molecule has 2 rings (SSSR count). The molecule has 4 amide bonds. The topological polar surface area (TPSA) is 95.7 Å². The summed E-state index contributed by atoms with van der Waals surface area (Å²) in [4.78, 5) is 38.7. The first kappa shape index (κ1) is 21.9. The van der Waals surface area contributed by atoms with Gasteiger partial charge in [-0.1, -0.05) is 26.0 Å². The average molecular weight is 383 g/mol. The molecule has 144 valence electrons. The number of urea groups is 1. The molecule has 0 bridgehead atoms. The molecule has 1 saturated heterocycles. The van der Waals surface area contributed by atoms with Gasteiger partial charge in [0, 0.05) is 25.2 Å². The number of amides is 4. The van der Waals surface area contributed by atoms with E-state index in [4.69, 9.17) is 5.73 Å². The molecule has 1 aliphatic heterocycles. The van der Waals surface area contributed by atoms with Gasteiger partial charge in [0.25, 0.3) is 5.91 Å². The molecule has 0 spiro atoms. The maximum Gasteiger partial charge on any atom is 0.324 e. The highest BCUT2D eigenvalue weighted by Crippen LogP contribution is 2.13. The molecule has 1 aliphatic rings. The van der Waals surface area contributed by atoms with Crippen LogP contribution in [0.15, 0.2) is 24.3 Å². The van der Waals surface area contributed by atoms with Gasteiger partial charge in [-0.15, -0.1) is 12.4 Å². The van der Waals surface area contributed by atoms with Crippen LogP contribution in [-0.2, 0) is 11.3 Å². The Morgan fingerprint density at radius 2 is 2.04 bits per heavy atom. The number of nitrogens with two attached hydrogens (primary N) is 1. The fraction of sp³-hybridized carbons (Fsp3) is 0.500. The SMILES string of the molecule is CC(C)C(N)CCN(C)C(=O)c1cccc(CN2C(=O)CNC2=O)c1.Cl. The van der Waals surface area contributed by atoms with Crippen LogP contribution in [0.2, 0.25) is 0 Å². The van der Waals surface area contributed by atoms with Crippen LogP contribution < -0.4 is 11.1 Å². The minimum absolute atomic E-state index is 0.